The molecule has 1 aromatic carbocycles. The number of rotatable bonds is 7. The van der Waals surface area contributed by atoms with Crippen molar-refractivity contribution in [2.45, 2.75) is 64.6 Å². The number of halogens is 1. The van der Waals surface area contributed by atoms with Crippen molar-refractivity contribution in [2.24, 2.45) is 4.99 Å². The predicted molar refractivity (Wildman–Crippen MR) is 134 cm³/mol. The second-order valence-corrected chi connectivity index (χ2v) is 8.44. The molecule has 29 heavy (non-hydrogen) atoms. The molecule has 5 nitrogen and oxygen atoms in total. The minimum absolute atomic E-state index is 0. The van der Waals surface area contributed by atoms with Crippen LogP contribution < -0.4 is 10.6 Å². The van der Waals surface area contributed by atoms with Gasteiger partial charge < -0.3 is 15.5 Å². The van der Waals surface area contributed by atoms with Crippen LogP contribution >= 0.6 is 24.0 Å². The molecule has 1 aromatic rings. The Morgan fingerprint density at radius 2 is 1.69 bits per heavy atom. The molecule has 0 aromatic heterocycles. The Morgan fingerprint density at radius 3 is 2.28 bits per heavy atom. The fraction of sp³-hybridized carbons (Fsp3) is 0.696. The zero-order chi connectivity index (χ0) is 19.8. The van der Waals surface area contributed by atoms with E-state index < -0.39 is 0 Å². The molecule has 2 heterocycles. The summed E-state index contributed by atoms with van der Waals surface area (Å²) in [4.78, 5) is 10.2. The van der Waals surface area contributed by atoms with E-state index in [1.807, 2.05) is 0 Å². The van der Waals surface area contributed by atoms with Gasteiger partial charge in [-0.15, -0.1) is 24.0 Å². The highest BCUT2D eigenvalue weighted by Crippen LogP contribution is 2.25. The van der Waals surface area contributed by atoms with Crippen LogP contribution in [-0.2, 0) is 0 Å². The van der Waals surface area contributed by atoms with Crippen molar-refractivity contribution in [1.82, 2.24) is 20.4 Å². The molecule has 0 saturated carbocycles. The van der Waals surface area contributed by atoms with E-state index in [-0.39, 0.29) is 24.0 Å². The molecule has 0 amide bonds. The summed E-state index contributed by atoms with van der Waals surface area (Å²) in [5.41, 5.74) is 1.38. The van der Waals surface area contributed by atoms with Gasteiger partial charge in [-0.05, 0) is 65.1 Å². The van der Waals surface area contributed by atoms with Gasteiger partial charge in [-0.2, -0.15) is 0 Å². The quantitative estimate of drug-likeness (QED) is 0.330. The summed E-state index contributed by atoms with van der Waals surface area (Å²) < 4.78 is 0. The number of nitrogens with zero attached hydrogens (tertiary/aromatic N) is 3. The van der Waals surface area contributed by atoms with Crippen molar-refractivity contribution in [3.05, 3.63) is 35.9 Å². The van der Waals surface area contributed by atoms with Crippen molar-refractivity contribution in [3.8, 4) is 0 Å². The van der Waals surface area contributed by atoms with E-state index in [1.54, 1.807) is 0 Å². The SMILES string of the molecule is CCNC(=NCC(c1ccccc1)N1CCCC1)NC1CCN(C(C)C)CC1.I. The lowest BCUT2D eigenvalue weighted by Gasteiger charge is -2.35. The summed E-state index contributed by atoms with van der Waals surface area (Å²) in [6.45, 7) is 13.2. The summed E-state index contributed by atoms with van der Waals surface area (Å²) in [6, 6.07) is 12.4. The van der Waals surface area contributed by atoms with E-state index in [0.29, 0.717) is 18.1 Å². The minimum atomic E-state index is 0. The number of hydrogen-bond donors (Lipinski definition) is 2. The highest BCUT2D eigenvalue weighted by atomic mass is 127. The first-order valence-electron chi connectivity index (χ1n) is 11.2. The average molecular weight is 514 g/mol. The number of piperidine rings is 1. The van der Waals surface area contributed by atoms with Crippen LogP contribution in [-0.4, -0.2) is 67.1 Å². The fourth-order valence-corrected chi connectivity index (χ4v) is 4.41. The third-order valence-electron chi connectivity index (χ3n) is 6.13. The van der Waals surface area contributed by atoms with Gasteiger partial charge in [0.05, 0.1) is 12.6 Å². The Bertz CT molecular complexity index is 593. The highest BCUT2D eigenvalue weighted by Gasteiger charge is 2.24. The molecule has 1 unspecified atom stereocenters. The summed E-state index contributed by atoms with van der Waals surface area (Å²) >= 11 is 0. The zero-order valence-electron chi connectivity index (χ0n) is 18.4. The number of hydrogen-bond acceptors (Lipinski definition) is 3. The topological polar surface area (TPSA) is 42.9 Å². The van der Waals surface area contributed by atoms with E-state index in [0.717, 1.165) is 19.0 Å². The Kier molecular flexibility index (Phi) is 10.7. The maximum atomic E-state index is 5.02. The molecular weight excluding hydrogens is 473 g/mol. The molecule has 2 aliphatic rings. The maximum absolute atomic E-state index is 5.02. The van der Waals surface area contributed by atoms with Gasteiger partial charge in [0.2, 0.25) is 0 Å². The number of aliphatic imine (C=N–C) groups is 1. The van der Waals surface area contributed by atoms with Crippen LogP contribution in [0.5, 0.6) is 0 Å². The Labute approximate surface area is 194 Å². The van der Waals surface area contributed by atoms with Crippen molar-refractivity contribution < 1.29 is 0 Å². The molecule has 0 aliphatic carbocycles. The molecule has 164 valence electrons. The fourth-order valence-electron chi connectivity index (χ4n) is 4.41. The van der Waals surface area contributed by atoms with Crippen LogP contribution in [0.4, 0.5) is 0 Å². The summed E-state index contributed by atoms with van der Waals surface area (Å²) in [5.74, 6) is 0.977. The highest BCUT2D eigenvalue weighted by molar-refractivity contribution is 14.0. The number of guanidine groups is 1. The maximum Gasteiger partial charge on any atom is 0.191 e. The second-order valence-electron chi connectivity index (χ2n) is 8.44. The molecule has 2 aliphatic heterocycles. The monoisotopic (exact) mass is 513 g/mol. The van der Waals surface area contributed by atoms with E-state index in [4.69, 9.17) is 4.99 Å². The number of benzene rings is 1. The molecule has 3 rings (SSSR count). The van der Waals surface area contributed by atoms with Crippen LogP contribution in [0.15, 0.2) is 35.3 Å². The second kappa shape index (κ2) is 12.7. The first-order valence-corrected chi connectivity index (χ1v) is 11.2. The summed E-state index contributed by atoms with van der Waals surface area (Å²) in [6.07, 6.45) is 4.99. The Hall–Kier alpha value is -0.860. The van der Waals surface area contributed by atoms with Gasteiger partial charge in [-0.3, -0.25) is 9.89 Å². The van der Waals surface area contributed by atoms with Crippen LogP contribution in [0.1, 0.15) is 58.1 Å². The van der Waals surface area contributed by atoms with E-state index in [9.17, 15) is 0 Å². The van der Waals surface area contributed by atoms with Gasteiger partial charge in [0.25, 0.3) is 0 Å². The lowest BCUT2D eigenvalue weighted by atomic mass is 10.0. The standard InChI is InChI=1S/C23H39N5.HI/c1-4-24-23(26-21-12-16-27(17-13-21)19(2)3)25-18-22(28-14-8-9-15-28)20-10-6-5-7-11-20;/h5-7,10-11,19,21-22H,4,8-9,12-18H2,1-3H3,(H2,24,25,26);1H. The lowest BCUT2D eigenvalue weighted by molar-refractivity contribution is 0.167. The van der Waals surface area contributed by atoms with Gasteiger partial charge in [0.1, 0.15) is 0 Å². The summed E-state index contributed by atoms with van der Waals surface area (Å²) in [5, 5.41) is 7.18. The van der Waals surface area contributed by atoms with Crippen molar-refractivity contribution in [3.63, 3.8) is 0 Å². The minimum Gasteiger partial charge on any atom is -0.357 e. The lowest BCUT2D eigenvalue weighted by Crippen LogP contribution is -2.50. The molecule has 2 N–H and O–H groups in total. The van der Waals surface area contributed by atoms with Crippen LogP contribution in [0.25, 0.3) is 0 Å². The Morgan fingerprint density at radius 1 is 1.03 bits per heavy atom. The summed E-state index contributed by atoms with van der Waals surface area (Å²) in [7, 11) is 0. The van der Waals surface area contributed by atoms with E-state index >= 15 is 0 Å². The van der Waals surface area contributed by atoms with Gasteiger partial charge in [0, 0.05) is 31.7 Å². The van der Waals surface area contributed by atoms with Crippen molar-refractivity contribution >= 4 is 29.9 Å². The molecule has 0 radical (unpaired) electrons. The third-order valence-corrected chi connectivity index (χ3v) is 6.13. The molecular formula is C23H40IN5. The van der Waals surface area contributed by atoms with Gasteiger partial charge >= 0.3 is 0 Å². The van der Waals surface area contributed by atoms with Gasteiger partial charge in [-0.1, -0.05) is 30.3 Å². The van der Waals surface area contributed by atoms with Crippen LogP contribution in [0.3, 0.4) is 0 Å². The van der Waals surface area contributed by atoms with Gasteiger partial charge in [0.15, 0.2) is 5.96 Å². The zero-order valence-corrected chi connectivity index (χ0v) is 20.8. The third kappa shape index (κ3) is 7.40. The first-order chi connectivity index (χ1) is 13.7. The normalized spacial score (nSPS) is 20.5. The van der Waals surface area contributed by atoms with E-state index in [2.05, 4.69) is 71.5 Å². The number of likely N-dealkylation sites (tertiary alicyclic amines) is 2. The van der Waals surface area contributed by atoms with Gasteiger partial charge in [-0.25, -0.2) is 0 Å². The molecule has 0 spiro atoms. The molecule has 0 bridgehead atoms. The van der Waals surface area contributed by atoms with Crippen LogP contribution in [0.2, 0.25) is 0 Å². The molecule has 1 atom stereocenters. The van der Waals surface area contributed by atoms with Crippen molar-refractivity contribution in [2.75, 3.05) is 39.3 Å². The predicted octanol–water partition coefficient (Wildman–Crippen LogP) is 3.87. The van der Waals surface area contributed by atoms with Crippen molar-refractivity contribution in [1.29, 1.82) is 0 Å². The van der Waals surface area contributed by atoms with E-state index in [1.165, 1.54) is 57.4 Å². The Balaban J connectivity index is 0.00000300. The smallest absolute Gasteiger partial charge is 0.191 e. The first kappa shape index (κ1) is 24.4. The molecule has 2 saturated heterocycles. The molecule has 2 fully saturated rings. The van der Waals surface area contributed by atoms with Crippen LogP contribution in [0, 0.1) is 0 Å². The number of nitrogens with one attached hydrogen (secondary N) is 2. The average Bonchev–Trinajstić information content (AvgIpc) is 3.24. The largest absolute Gasteiger partial charge is 0.357 e. The molecule has 6 heteroatoms.